The van der Waals surface area contributed by atoms with Gasteiger partial charge in [0.1, 0.15) is 5.82 Å². The molecule has 108 valence electrons. The molecule has 2 aromatic rings. The largest absolute Gasteiger partial charge is 0.377 e. The van der Waals surface area contributed by atoms with Crippen LogP contribution in [0.25, 0.3) is 0 Å². The summed E-state index contributed by atoms with van der Waals surface area (Å²) in [5.74, 6) is -3.14. The summed E-state index contributed by atoms with van der Waals surface area (Å²) in [5, 5.41) is 6.97. The Morgan fingerprint density at radius 2 is 2.00 bits per heavy atom. The van der Waals surface area contributed by atoms with Crippen LogP contribution in [-0.4, -0.2) is 9.78 Å². The van der Waals surface area contributed by atoms with Gasteiger partial charge in [0.15, 0.2) is 11.6 Å². The molecule has 0 radical (unpaired) electrons. The van der Waals surface area contributed by atoms with E-state index >= 15 is 0 Å². The first-order valence-electron chi connectivity index (χ1n) is 6.02. The Morgan fingerprint density at radius 3 is 2.60 bits per heavy atom. The van der Waals surface area contributed by atoms with Crippen molar-refractivity contribution in [2.75, 3.05) is 5.32 Å². The number of aryl methyl sites for hydroxylation is 2. The third kappa shape index (κ3) is 2.82. The van der Waals surface area contributed by atoms with Gasteiger partial charge in [-0.3, -0.25) is 4.68 Å². The van der Waals surface area contributed by atoms with Gasteiger partial charge in [-0.15, -0.1) is 0 Å². The zero-order valence-electron chi connectivity index (χ0n) is 11.0. The van der Waals surface area contributed by atoms with Crippen molar-refractivity contribution in [3.63, 3.8) is 0 Å². The lowest BCUT2D eigenvalue weighted by Crippen LogP contribution is -2.08. The minimum atomic E-state index is -1.22. The van der Waals surface area contributed by atoms with E-state index in [1.807, 2.05) is 6.92 Å². The summed E-state index contributed by atoms with van der Waals surface area (Å²) in [7, 11) is 1.75. The van der Waals surface area contributed by atoms with Gasteiger partial charge in [-0.2, -0.15) is 5.10 Å². The number of nitrogens with zero attached hydrogens (tertiary/aromatic N) is 2. The average Bonchev–Trinajstić information content (AvgIpc) is 2.67. The molecule has 0 aliphatic carbocycles. The van der Waals surface area contributed by atoms with Gasteiger partial charge in [-0.25, -0.2) is 13.2 Å². The Kier molecular flexibility index (Phi) is 4.37. The van der Waals surface area contributed by atoms with Gasteiger partial charge < -0.3 is 5.32 Å². The van der Waals surface area contributed by atoms with Gasteiger partial charge in [0, 0.05) is 19.2 Å². The molecule has 0 amide bonds. The Morgan fingerprint density at radius 1 is 1.30 bits per heavy atom. The van der Waals surface area contributed by atoms with Gasteiger partial charge >= 0.3 is 0 Å². The molecular weight excluding hydrogens is 335 g/mol. The molecular formula is C13H13BrF3N3. The van der Waals surface area contributed by atoms with Crippen LogP contribution in [0, 0.1) is 17.5 Å². The molecule has 1 N–H and O–H groups in total. The van der Waals surface area contributed by atoms with Crippen LogP contribution in [0.5, 0.6) is 0 Å². The number of anilines is 1. The summed E-state index contributed by atoms with van der Waals surface area (Å²) in [6, 6.07) is 1.43. The maximum Gasteiger partial charge on any atom is 0.182 e. The smallest absolute Gasteiger partial charge is 0.182 e. The van der Waals surface area contributed by atoms with Crippen LogP contribution in [0.15, 0.2) is 16.6 Å². The van der Waals surface area contributed by atoms with Crippen LogP contribution in [-0.2, 0) is 20.0 Å². The summed E-state index contributed by atoms with van der Waals surface area (Å²) in [6.07, 6.45) is 0.747. The molecule has 0 bridgehead atoms. The van der Waals surface area contributed by atoms with E-state index in [1.54, 1.807) is 11.7 Å². The van der Waals surface area contributed by atoms with E-state index < -0.39 is 17.5 Å². The maximum absolute atomic E-state index is 13.5. The van der Waals surface area contributed by atoms with Crippen LogP contribution >= 0.6 is 15.9 Å². The second-order valence-corrected chi connectivity index (χ2v) is 5.08. The number of rotatable bonds is 4. The fourth-order valence-electron chi connectivity index (χ4n) is 1.88. The normalized spacial score (nSPS) is 10.9. The Hall–Kier alpha value is -1.50. The van der Waals surface area contributed by atoms with Crippen LogP contribution < -0.4 is 5.32 Å². The second-order valence-electron chi connectivity index (χ2n) is 4.29. The monoisotopic (exact) mass is 347 g/mol. The maximum atomic E-state index is 13.5. The number of halogens is 4. The van der Waals surface area contributed by atoms with Crippen molar-refractivity contribution in [2.45, 2.75) is 19.9 Å². The van der Waals surface area contributed by atoms with Crippen molar-refractivity contribution in [1.82, 2.24) is 9.78 Å². The predicted octanol–water partition coefficient (Wildman–Crippen LogP) is 3.77. The van der Waals surface area contributed by atoms with Crippen molar-refractivity contribution in [2.24, 2.45) is 7.05 Å². The van der Waals surface area contributed by atoms with Crippen LogP contribution in [0.4, 0.5) is 18.9 Å². The quantitative estimate of drug-likeness (QED) is 0.853. The van der Waals surface area contributed by atoms with Crippen molar-refractivity contribution in [1.29, 1.82) is 0 Å². The first kappa shape index (κ1) is 14.9. The Balaban J connectivity index is 2.23. The molecule has 0 aliphatic rings. The van der Waals surface area contributed by atoms with Crippen molar-refractivity contribution >= 4 is 21.6 Å². The minimum Gasteiger partial charge on any atom is -0.377 e. The molecule has 1 heterocycles. The van der Waals surface area contributed by atoms with Crippen molar-refractivity contribution in [3.05, 3.63) is 45.4 Å². The van der Waals surface area contributed by atoms with E-state index in [2.05, 4.69) is 26.3 Å². The molecule has 0 atom stereocenters. The molecule has 20 heavy (non-hydrogen) atoms. The summed E-state index contributed by atoms with van der Waals surface area (Å²) < 4.78 is 42.2. The molecule has 0 unspecified atom stereocenters. The highest BCUT2D eigenvalue weighted by Crippen LogP contribution is 2.24. The fourth-order valence-corrected chi connectivity index (χ4v) is 2.63. The molecule has 3 nitrogen and oxygen atoms in total. The lowest BCUT2D eigenvalue weighted by molar-refractivity contribution is 0.497. The van der Waals surface area contributed by atoms with Gasteiger partial charge in [-0.05, 0) is 22.4 Å². The summed E-state index contributed by atoms with van der Waals surface area (Å²) in [6.45, 7) is 2.16. The molecule has 2 rings (SSSR count). The summed E-state index contributed by atoms with van der Waals surface area (Å²) >= 11 is 3.42. The summed E-state index contributed by atoms with van der Waals surface area (Å²) in [5.41, 5.74) is 1.43. The highest BCUT2D eigenvalue weighted by molar-refractivity contribution is 9.10. The highest BCUT2D eigenvalue weighted by Gasteiger charge is 2.15. The predicted molar refractivity (Wildman–Crippen MR) is 73.9 cm³/mol. The Labute approximate surface area is 122 Å². The van der Waals surface area contributed by atoms with E-state index in [1.165, 1.54) is 0 Å². The molecule has 0 aliphatic heterocycles. The van der Waals surface area contributed by atoms with E-state index in [0.29, 0.717) is 6.07 Å². The molecule has 1 aromatic carbocycles. The lowest BCUT2D eigenvalue weighted by atomic mass is 10.2. The summed E-state index contributed by atoms with van der Waals surface area (Å²) in [4.78, 5) is 0. The van der Waals surface area contributed by atoms with Crippen molar-refractivity contribution in [3.8, 4) is 0 Å². The van der Waals surface area contributed by atoms with E-state index in [9.17, 15) is 13.2 Å². The van der Waals surface area contributed by atoms with Gasteiger partial charge in [0.05, 0.1) is 28.1 Å². The van der Waals surface area contributed by atoms with Gasteiger partial charge in [0.25, 0.3) is 0 Å². The zero-order chi connectivity index (χ0) is 14.9. The lowest BCUT2D eigenvalue weighted by Gasteiger charge is -2.09. The highest BCUT2D eigenvalue weighted by atomic mass is 79.9. The van der Waals surface area contributed by atoms with Crippen LogP contribution in [0.1, 0.15) is 18.3 Å². The molecule has 1 aromatic heterocycles. The van der Waals surface area contributed by atoms with E-state index in [0.717, 1.165) is 28.3 Å². The second kappa shape index (κ2) is 5.87. The number of hydrogen-bond acceptors (Lipinski definition) is 2. The Bertz CT molecular complexity index is 640. The van der Waals surface area contributed by atoms with Crippen molar-refractivity contribution < 1.29 is 13.2 Å². The number of aromatic nitrogens is 2. The van der Waals surface area contributed by atoms with Gasteiger partial charge in [-0.1, -0.05) is 6.92 Å². The molecule has 0 saturated heterocycles. The minimum absolute atomic E-state index is 0.198. The van der Waals surface area contributed by atoms with Crippen LogP contribution in [0.2, 0.25) is 0 Å². The molecule has 0 fully saturated rings. The average molecular weight is 348 g/mol. The SMILES string of the molecule is CCc1nn(C)c(CNc2cc(F)cc(F)c2F)c1Br. The molecule has 0 spiro atoms. The first-order valence-corrected chi connectivity index (χ1v) is 6.82. The van der Waals surface area contributed by atoms with Crippen LogP contribution in [0.3, 0.4) is 0 Å². The third-order valence-corrected chi connectivity index (χ3v) is 3.86. The molecule has 0 saturated carbocycles. The number of nitrogens with one attached hydrogen (secondary N) is 1. The zero-order valence-corrected chi connectivity index (χ0v) is 12.6. The topological polar surface area (TPSA) is 29.9 Å². The van der Waals surface area contributed by atoms with Gasteiger partial charge in [0.2, 0.25) is 0 Å². The van der Waals surface area contributed by atoms with E-state index in [-0.39, 0.29) is 12.2 Å². The number of hydrogen-bond donors (Lipinski definition) is 1. The first-order chi connectivity index (χ1) is 9.43. The third-order valence-electron chi connectivity index (χ3n) is 2.94. The number of benzene rings is 1. The van der Waals surface area contributed by atoms with E-state index in [4.69, 9.17) is 0 Å². The standard InChI is InChI=1S/C13H13BrF3N3/c1-3-9-12(14)11(20(2)19-9)6-18-10-5-7(15)4-8(16)13(10)17/h4-5,18H,3,6H2,1-2H3. The molecule has 7 heteroatoms. The fraction of sp³-hybridized carbons (Fsp3) is 0.308.